The number of carbonyl (C=O) groups is 1. The van der Waals surface area contributed by atoms with Crippen LogP contribution in [0.4, 0.5) is 9.52 Å². The topological polar surface area (TPSA) is 58.1 Å². The van der Waals surface area contributed by atoms with Crippen LogP contribution in [-0.4, -0.2) is 40.3 Å². The quantitative estimate of drug-likeness (QED) is 0.585. The van der Waals surface area contributed by atoms with E-state index in [-0.39, 0.29) is 17.5 Å². The standard InChI is InChI=1S/C15H17FN4OS2/c1-3-8-17-14-18-19-15(23-14)22-10-13(21)20(2)9-11-4-6-12(16)7-5-11/h3-7H,1,8-10H2,2H3,(H,17,18). The summed E-state index contributed by atoms with van der Waals surface area (Å²) < 4.78 is 13.6. The fourth-order valence-corrected chi connectivity index (χ4v) is 3.38. The van der Waals surface area contributed by atoms with Gasteiger partial charge in [-0.3, -0.25) is 4.79 Å². The third kappa shape index (κ3) is 5.65. The predicted octanol–water partition coefficient (Wildman–Crippen LogP) is 3.03. The van der Waals surface area contributed by atoms with Crippen molar-refractivity contribution in [3.63, 3.8) is 0 Å². The minimum Gasteiger partial charge on any atom is -0.357 e. The molecule has 5 nitrogen and oxygen atoms in total. The second-order valence-electron chi connectivity index (χ2n) is 4.71. The van der Waals surface area contributed by atoms with E-state index >= 15 is 0 Å². The summed E-state index contributed by atoms with van der Waals surface area (Å²) in [7, 11) is 1.73. The monoisotopic (exact) mass is 352 g/mol. The highest BCUT2D eigenvalue weighted by Crippen LogP contribution is 2.25. The van der Waals surface area contributed by atoms with Crippen LogP contribution in [0.1, 0.15) is 5.56 Å². The molecule has 0 aliphatic carbocycles. The fourth-order valence-electron chi connectivity index (χ4n) is 1.68. The van der Waals surface area contributed by atoms with Crippen molar-refractivity contribution in [2.24, 2.45) is 0 Å². The van der Waals surface area contributed by atoms with Crippen LogP contribution in [-0.2, 0) is 11.3 Å². The summed E-state index contributed by atoms with van der Waals surface area (Å²) in [5.41, 5.74) is 0.888. The first-order chi connectivity index (χ1) is 11.1. The molecule has 1 aromatic carbocycles. The molecular weight excluding hydrogens is 335 g/mol. The van der Waals surface area contributed by atoms with Crippen LogP contribution in [0, 0.1) is 5.82 Å². The van der Waals surface area contributed by atoms with Crippen LogP contribution in [0.15, 0.2) is 41.3 Å². The van der Waals surface area contributed by atoms with Crippen molar-refractivity contribution in [2.45, 2.75) is 10.9 Å². The molecule has 122 valence electrons. The normalized spacial score (nSPS) is 10.3. The van der Waals surface area contributed by atoms with Gasteiger partial charge in [0.1, 0.15) is 5.82 Å². The molecule has 0 spiro atoms. The minimum atomic E-state index is -0.282. The van der Waals surface area contributed by atoms with Gasteiger partial charge in [-0.2, -0.15) is 0 Å². The molecule has 1 N–H and O–H groups in total. The summed E-state index contributed by atoms with van der Waals surface area (Å²) in [5, 5.41) is 11.8. The van der Waals surface area contributed by atoms with E-state index in [1.54, 1.807) is 30.2 Å². The van der Waals surface area contributed by atoms with Gasteiger partial charge < -0.3 is 10.2 Å². The Balaban J connectivity index is 1.80. The second kappa shape index (κ2) is 8.64. The van der Waals surface area contributed by atoms with Crippen molar-refractivity contribution in [3.8, 4) is 0 Å². The number of halogens is 1. The van der Waals surface area contributed by atoms with Gasteiger partial charge in [0.2, 0.25) is 11.0 Å². The average Bonchev–Trinajstić information content (AvgIpc) is 3.00. The van der Waals surface area contributed by atoms with Gasteiger partial charge in [-0.05, 0) is 17.7 Å². The largest absolute Gasteiger partial charge is 0.357 e. The number of hydrogen-bond acceptors (Lipinski definition) is 6. The molecule has 8 heteroatoms. The molecule has 0 radical (unpaired) electrons. The summed E-state index contributed by atoms with van der Waals surface area (Å²) in [6.07, 6.45) is 1.74. The zero-order valence-electron chi connectivity index (χ0n) is 12.7. The number of nitrogens with zero attached hydrogens (tertiary/aromatic N) is 3. The van der Waals surface area contributed by atoms with Gasteiger partial charge in [-0.15, -0.1) is 16.8 Å². The van der Waals surface area contributed by atoms with Gasteiger partial charge >= 0.3 is 0 Å². The van der Waals surface area contributed by atoms with Gasteiger partial charge in [0.15, 0.2) is 4.34 Å². The Hall–Kier alpha value is -1.93. The van der Waals surface area contributed by atoms with E-state index in [1.807, 2.05) is 0 Å². The number of carbonyl (C=O) groups excluding carboxylic acids is 1. The van der Waals surface area contributed by atoms with Crippen LogP contribution in [0.3, 0.4) is 0 Å². The first-order valence-corrected chi connectivity index (χ1v) is 8.68. The van der Waals surface area contributed by atoms with E-state index in [1.165, 1.54) is 35.2 Å². The molecule has 0 aliphatic heterocycles. The Bertz CT molecular complexity index is 660. The van der Waals surface area contributed by atoms with Crippen molar-refractivity contribution in [1.82, 2.24) is 15.1 Å². The molecule has 0 bridgehead atoms. The van der Waals surface area contributed by atoms with Gasteiger partial charge in [-0.1, -0.05) is 41.3 Å². The molecule has 2 aromatic rings. The molecule has 1 amide bonds. The number of benzene rings is 1. The van der Waals surface area contributed by atoms with E-state index < -0.39 is 0 Å². The Morgan fingerprint density at radius 1 is 1.43 bits per heavy atom. The summed E-state index contributed by atoms with van der Waals surface area (Å²) in [4.78, 5) is 13.7. The number of aromatic nitrogens is 2. The molecule has 0 aliphatic rings. The van der Waals surface area contributed by atoms with E-state index in [0.717, 1.165) is 9.90 Å². The Morgan fingerprint density at radius 3 is 2.87 bits per heavy atom. The van der Waals surface area contributed by atoms with Gasteiger partial charge in [0, 0.05) is 20.1 Å². The average molecular weight is 352 g/mol. The Labute approximate surface area is 142 Å². The maximum atomic E-state index is 12.9. The minimum absolute atomic E-state index is 0.0184. The summed E-state index contributed by atoms with van der Waals surface area (Å²) in [6.45, 7) is 4.69. The van der Waals surface area contributed by atoms with Crippen molar-refractivity contribution in [1.29, 1.82) is 0 Å². The first-order valence-electron chi connectivity index (χ1n) is 6.88. The van der Waals surface area contributed by atoms with Crippen molar-refractivity contribution >= 4 is 34.1 Å². The number of amides is 1. The number of thioether (sulfide) groups is 1. The summed E-state index contributed by atoms with van der Waals surface area (Å²) in [6, 6.07) is 6.13. The molecule has 2 rings (SSSR count). The van der Waals surface area contributed by atoms with E-state index in [0.29, 0.717) is 18.2 Å². The number of rotatable bonds is 8. The van der Waals surface area contributed by atoms with E-state index in [2.05, 4.69) is 22.1 Å². The van der Waals surface area contributed by atoms with Crippen LogP contribution in [0.2, 0.25) is 0 Å². The zero-order valence-corrected chi connectivity index (χ0v) is 14.3. The summed E-state index contributed by atoms with van der Waals surface area (Å²) in [5.74, 6) is -0.0149. The van der Waals surface area contributed by atoms with Crippen molar-refractivity contribution in [3.05, 3.63) is 48.3 Å². The molecule has 0 saturated carbocycles. The predicted molar refractivity (Wildman–Crippen MR) is 92.2 cm³/mol. The zero-order chi connectivity index (χ0) is 16.7. The molecule has 0 fully saturated rings. The highest BCUT2D eigenvalue weighted by Gasteiger charge is 2.12. The lowest BCUT2D eigenvalue weighted by atomic mass is 10.2. The lowest BCUT2D eigenvalue weighted by molar-refractivity contribution is -0.127. The number of anilines is 1. The SMILES string of the molecule is C=CCNc1nnc(SCC(=O)N(C)Cc2ccc(F)cc2)s1. The van der Waals surface area contributed by atoms with E-state index in [4.69, 9.17) is 0 Å². The number of hydrogen-bond donors (Lipinski definition) is 1. The molecule has 1 aromatic heterocycles. The Kier molecular flexibility index (Phi) is 6.54. The molecule has 1 heterocycles. The molecule has 0 unspecified atom stereocenters. The lowest BCUT2D eigenvalue weighted by Gasteiger charge is -2.16. The smallest absolute Gasteiger partial charge is 0.233 e. The fraction of sp³-hybridized carbons (Fsp3) is 0.267. The Morgan fingerprint density at radius 2 is 2.17 bits per heavy atom. The van der Waals surface area contributed by atoms with Crippen LogP contribution in [0.25, 0.3) is 0 Å². The highest BCUT2D eigenvalue weighted by atomic mass is 32.2. The van der Waals surface area contributed by atoms with Crippen molar-refractivity contribution < 1.29 is 9.18 Å². The van der Waals surface area contributed by atoms with Crippen LogP contribution < -0.4 is 5.32 Å². The highest BCUT2D eigenvalue weighted by molar-refractivity contribution is 8.01. The summed E-state index contributed by atoms with van der Waals surface area (Å²) >= 11 is 2.75. The second-order valence-corrected chi connectivity index (χ2v) is 6.91. The van der Waals surface area contributed by atoms with Crippen LogP contribution in [0.5, 0.6) is 0 Å². The molecular formula is C15H17FN4OS2. The third-order valence-corrected chi connectivity index (χ3v) is 4.88. The maximum absolute atomic E-state index is 12.9. The van der Waals surface area contributed by atoms with Gasteiger partial charge in [0.25, 0.3) is 0 Å². The maximum Gasteiger partial charge on any atom is 0.233 e. The van der Waals surface area contributed by atoms with Crippen LogP contribution >= 0.6 is 23.1 Å². The lowest BCUT2D eigenvalue weighted by Crippen LogP contribution is -2.27. The molecule has 23 heavy (non-hydrogen) atoms. The van der Waals surface area contributed by atoms with Crippen molar-refractivity contribution in [2.75, 3.05) is 24.7 Å². The molecule has 0 atom stereocenters. The molecule has 0 saturated heterocycles. The van der Waals surface area contributed by atoms with Gasteiger partial charge in [-0.25, -0.2) is 4.39 Å². The van der Waals surface area contributed by atoms with E-state index in [9.17, 15) is 9.18 Å². The third-order valence-electron chi connectivity index (χ3n) is 2.88. The number of nitrogens with one attached hydrogen (secondary N) is 1. The first kappa shape index (κ1) is 17.4. The van der Waals surface area contributed by atoms with Gasteiger partial charge in [0.05, 0.1) is 5.75 Å².